The first-order valence-corrected chi connectivity index (χ1v) is 9.73. The Morgan fingerprint density at radius 1 is 1.18 bits per heavy atom. The van der Waals surface area contributed by atoms with Crippen molar-refractivity contribution in [1.29, 1.82) is 0 Å². The number of hydrogen-bond acceptors (Lipinski definition) is 3. The maximum absolute atomic E-state index is 12.6. The number of rotatable bonds is 6. The molecule has 1 heterocycles. The molecule has 0 saturated carbocycles. The Labute approximate surface area is 171 Å². The van der Waals surface area contributed by atoms with Gasteiger partial charge in [0.25, 0.3) is 0 Å². The summed E-state index contributed by atoms with van der Waals surface area (Å²) in [5.41, 5.74) is 7.39. The van der Waals surface area contributed by atoms with E-state index < -0.39 is 12.1 Å². The SMILES string of the molecule is NC(=O)N[C@H](CC(=O)Nc1cccc(N2CCCC2=O)c1)c1cccc(Br)c1. The van der Waals surface area contributed by atoms with Crippen LogP contribution < -0.4 is 21.3 Å². The molecule has 1 aliphatic heterocycles. The molecule has 146 valence electrons. The molecule has 2 aromatic rings. The summed E-state index contributed by atoms with van der Waals surface area (Å²) >= 11 is 3.39. The molecule has 1 fully saturated rings. The fraction of sp³-hybridized carbons (Fsp3) is 0.250. The minimum absolute atomic E-state index is 0.0201. The molecule has 0 radical (unpaired) electrons. The normalized spacial score (nSPS) is 14.6. The average Bonchev–Trinajstić information content (AvgIpc) is 3.07. The standard InChI is InChI=1S/C20H21BrN4O3/c21-14-5-1-4-13(10-14)17(24-20(22)28)12-18(26)23-15-6-2-7-16(11-15)25-9-3-8-19(25)27/h1-2,4-7,10-11,17H,3,8-9,12H2,(H,23,26)(H3,22,24,28)/t17-/m1/s1. The maximum Gasteiger partial charge on any atom is 0.312 e. The van der Waals surface area contributed by atoms with E-state index in [1.54, 1.807) is 23.1 Å². The summed E-state index contributed by atoms with van der Waals surface area (Å²) in [4.78, 5) is 37.6. The molecule has 0 aromatic heterocycles. The summed E-state index contributed by atoms with van der Waals surface area (Å²) < 4.78 is 0.838. The van der Waals surface area contributed by atoms with Gasteiger partial charge in [0.1, 0.15) is 0 Å². The lowest BCUT2D eigenvalue weighted by Gasteiger charge is -2.19. The molecule has 0 spiro atoms. The third kappa shape index (κ3) is 5.10. The van der Waals surface area contributed by atoms with E-state index in [1.165, 1.54) is 0 Å². The molecule has 0 unspecified atom stereocenters. The Morgan fingerprint density at radius 2 is 1.96 bits per heavy atom. The predicted molar refractivity (Wildman–Crippen MR) is 111 cm³/mol. The van der Waals surface area contributed by atoms with E-state index in [1.807, 2.05) is 30.3 Å². The predicted octanol–water partition coefficient (Wildman–Crippen LogP) is 3.31. The van der Waals surface area contributed by atoms with E-state index in [9.17, 15) is 14.4 Å². The van der Waals surface area contributed by atoms with Crippen LogP contribution in [-0.4, -0.2) is 24.4 Å². The lowest BCUT2D eigenvalue weighted by molar-refractivity contribution is -0.117. The average molecular weight is 445 g/mol. The number of benzene rings is 2. The van der Waals surface area contributed by atoms with Crippen LogP contribution in [0.4, 0.5) is 16.2 Å². The van der Waals surface area contributed by atoms with E-state index in [2.05, 4.69) is 26.6 Å². The van der Waals surface area contributed by atoms with E-state index in [0.717, 1.165) is 22.1 Å². The Bertz CT molecular complexity index is 903. The topological polar surface area (TPSA) is 105 Å². The first-order valence-electron chi connectivity index (χ1n) is 8.94. The largest absolute Gasteiger partial charge is 0.352 e. The summed E-state index contributed by atoms with van der Waals surface area (Å²) in [6.45, 7) is 0.684. The number of nitrogens with two attached hydrogens (primary N) is 1. The van der Waals surface area contributed by atoms with Crippen molar-refractivity contribution in [2.24, 2.45) is 5.73 Å². The zero-order valence-electron chi connectivity index (χ0n) is 15.2. The first-order chi connectivity index (χ1) is 13.4. The number of halogens is 1. The Hall–Kier alpha value is -2.87. The van der Waals surface area contributed by atoms with Crippen molar-refractivity contribution in [3.63, 3.8) is 0 Å². The molecule has 0 bridgehead atoms. The maximum atomic E-state index is 12.6. The number of carbonyl (C=O) groups is 3. The highest BCUT2D eigenvalue weighted by atomic mass is 79.9. The van der Waals surface area contributed by atoms with E-state index >= 15 is 0 Å². The third-order valence-electron chi connectivity index (χ3n) is 4.47. The molecule has 1 aliphatic rings. The van der Waals surface area contributed by atoms with Gasteiger partial charge in [-0.25, -0.2) is 4.79 Å². The fourth-order valence-corrected chi connectivity index (χ4v) is 3.63. The lowest BCUT2D eigenvalue weighted by atomic mass is 10.0. The van der Waals surface area contributed by atoms with Crippen molar-refractivity contribution in [2.75, 3.05) is 16.8 Å². The highest BCUT2D eigenvalue weighted by Crippen LogP contribution is 2.25. The van der Waals surface area contributed by atoms with E-state index in [-0.39, 0.29) is 18.2 Å². The third-order valence-corrected chi connectivity index (χ3v) is 4.97. The van der Waals surface area contributed by atoms with Crippen LogP contribution in [0, 0.1) is 0 Å². The van der Waals surface area contributed by atoms with Crippen molar-refractivity contribution >= 4 is 45.2 Å². The van der Waals surface area contributed by atoms with Gasteiger partial charge in [0.2, 0.25) is 11.8 Å². The van der Waals surface area contributed by atoms with Gasteiger partial charge < -0.3 is 21.3 Å². The summed E-state index contributed by atoms with van der Waals surface area (Å²) in [6.07, 6.45) is 1.40. The highest BCUT2D eigenvalue weighted by Gasteiger charge is 2.22. The first kappa shape index (κ1) is 19.9. The smallest absolute Gasteiger partial charge is 0.312 e. The monoisotopic (exact) mass is 444 g/mol. The quantitative estimate of drug-likeness (QED) is 0.636. The fourth-order valence-electron chi connectivity index (χ4n) is 3.22. The van der Waals surface area contributed by atoms with Gasteiger partial charge in [-0.2, -0.15) is 0 Å². The van der Waals surface area contributed by atoms with Crippen molar-refractivity contribution in [3.05, 3.63) is 58.6 Å². The Balaban J connectivity index is 1.71. The van der Waals surface area contributed by atoms with Gasteiger partial charge >= 0.3 is 6.03 Å². The molecule has 0 aliphatic carbocycles. The van der Waals surface area contributed by atoms with Crippen LogP contribution in [0.3, 0.4) is 0 Å². The molecule has 8 heteroatoms. The number of hydrogen-bond donors (Lipinski definition) is 3. The second-order valence-corrected chi connectivity index (χ2v) is 7.48. The summed E-state index contributed by atoms with van der Waals surface area (Å²) in [7, 11) is 0. The highest BCUT2D eigenvalue weighted by molar-refractivity contribution is 9.10. The lowest BCUT2D eigenvalue weighted by Crippen LogP contribution is -2.35. The van der Waals surface area contributed by atoms with Crippen molar-refractivity contribution in [3.8, 4) is 0 Å². The molecular weight excluding hydrogens is 424 g/mol. The summed E-state index contributed by atoms with van der Waals surface area (Å²) in [6, 6.07) is 13.2. The molecule has 28 heavy (non-hydrogen) atoms. The number of urea groups is 1. The van der Waals surface area contributed by atoms with Gasteiger partial charge in [0, 0.05) is 28.8 Å². The van der Waals surface area contributed by atoms with Crippen LogP contribution >= 0.6 is 15.9 Å². The summed E-state index contributed by atoms with van der Waals surface area (Å²) in [5, 5.41) is 5.43. The second kappa shape index (κ2) is 8.88. The molecule has 1 saturated heterocycles. The minimum Gasteiger partial charge on any atom is -0.352 e. The van der Waals surface area contributed by atoms with Gasteiger partial charge in [-0.3, -0.25) is 9.59 Å². The second-order valence-electron chi connectivity index (χ2n) is 6.57. The van der Waals surface area contributed by atoms with Gasteiger partial charge in [0.15, 0.2) is 0 Å². The van der Waals surface area contributed by atoms with Gasteiger partial charge in [-0.15, -0.1) is 0 Å². The number of nitrogens with one attached hydrogen (secondary N) is 2. The van der Waals surface area contributed by atoms with Gasteiger partial charge in [-0.1, -0.05) is 34.1 Å². The van der Waals surface area contributed by atoms with Crippen LogP contribution in [-0.2, 0) is 9.59 Å². The Kier molecular flexibility index (Phi) is 6.30. The van der Waals surface area contributed by atoms with Crippen LogP contribution in [0.2, 0.25) is 0 Å². The molecule has 1 atom stereocenters. The van der Waals surface area contributed by atoms with Crippen LogP contribution in [0.1, 0.15) is 30.9 Å². The minimum atomic E-state index is -0.702. The van der Waals surface area contributed by atoms with Crippen molar-refractivity contribution in [2.45, 2.75) is 25.3 Å². The molecule has 4 amide bonds. The molecule has 2 aromatic carbocycles. The van der Waals surface area contributed by atoms with Gasteiger partial charge in [-0.05, 0) is 42.3 Å². The van der Waals surface area contributed by atoms with E-state index in [0.29, 0.717) is 18.7 Å². The Morgan fingerprint density at radius 3 is 2.64 bits per heavy atom. The van der Waals surface area contributed by atoms with Crippen molar-refractivity contribution in [1.82, 2.24) is 5.32 Å². The molecular formula is C20H21BrN4O3. The van der Waals surface area contributed by atoms with Crippen LogP contribution in [0.25, 0.3) is 0 Å². The van der Waals surface area contributed by atoms with Crippen LogP contribution in [0.15, 0.2) is 53.0 Å². The molecule has 3 rings (SSSR count). The van der Waals surface area contributed by atoms with E-state index in [4.69, 9.17) is 5.73 Å². The molecule has 7 nitrogen and oxygen atoms in total. The number of anilines is 2. The van der Waals surface area contributed by atoms with Crippen molar-refractivity contribution < 1.29 is 14.4 Å². The number of amides is 4. The zero-order valence-corrected chi connectivity index (χ0v) is 16.7. The number of nitrogens with zero attached hydrogens (tertiary/aromatic N) is 1. The zero-order chi connectivity index (χ0) is 20.1. The van der Waals surface area contributed by atoms with Crippen LogP contribution in [0.5, 0.6) is 0 Å². The molecule has 4 N–H and O–H groups in total. The van der Waals surface area contributed by atoms with Gasteiger partial charge in [0.05, 0.1) is 12.5 Å². The number of primary amides is 1. The number of carbonyl (C=O) groups excluding carboxylic acids is 3. The summed E-state index contributed by atoms with van der Waals surface area (Å²) in [5.74, 6) is -0.188.